The van der Waals surface area contributed by atoms with Gasteiger partial charge in [0.15, 0.2) is 9.84 Å². The van der Waals surface area contributed by atoms with Gasteiger partial charge in [0.2, 0.25) is 0 Å². The summed E-state index contributed by atoms with van der Waals surface area (Å²) in [6.45, 7) is 2.92. The summed E-state index contributed by atoms with van der Waals surface area (Å²) in [6.07, 6.45) is 0.485. The second-order valence-corrected chi connectivity index (χ2v) is 5.87. The lowest BCUT2D eigenvalue weighted by Crippen LogP contribution is -2.15. The summed E-state index contributed by atoms with van der Waals surface area (Å²) < 4.78 is 36.6. The summed E-state index contributed by atoms with van der Waals surface area (Å²) in [7, 11) is -3.67. The molecule has 0 unspecified atom stereocenters. The van der Waals surface area contributed by atoms with Crippen molar-refractivity contribution in [1.82, 2.24) is 0 Å². The van der Waals surface area contributed by atoms with Gasteiger partial charge in [0, 0.05) is 5.56 Å². The van der Waals surface area contributed by atoms with E-state index in [1.807, 2.05) is 0 Å². The first-order valence-electron chi connectivity index (χ1n) is 4.38. The Hall–Kier alpha value is -1.23. The van der Waals surface area contributed by atoms with Crippen LogP contribution in [0.5, 0.6) is 0 Å². The zero-order valence-corrected chi connectivity index (χ0v) is 9.21. The molecule has 0 amide bonds. The molecule has 0 atom stereocenters. The van der Waals surface area contributed by atoms with E-state index in [0.29, 0.717) is 6.29 Å². The van der Waals surface area contributed by atoms with E-state index in [2.05, 4.69) is 0 Å². The topological polar surface area (TPSA) is 51.2 Å². The number of rotatable bonds is 3. The van der Waals surface area contributed by atoms with Crippen molar-refractivity contribution in [2.75, 3.05) is 0 Å². The highest BCUT2D eigenvalue weighted by Gasteiger charge is 2.23. The van der Waals surface area contributed by atoms with Crippen LogP contribution in [0.1, 0.15) is 24.2 Å². The molecule has 0 N–H and O–H groups in total. The number of carbonyl (C=O) groups is 1. The average Bonchev–Trinajstić information content (AvgIpc) is 2.18. The Morgan fingerprint density at radius 1 is 1.33 bits per heavy atom. The van der Waals surface area contributed by atoms with Crippen LogP contribution in [0.15, 0.2) is 23.1 Å². The van der Waals surface area contributed by atoms with E-state index >= 15 is 0 Å². The van der Waals surface area contributed by atoms with Gasteiger partial charge in [-0.2, -0.15) is 0 Å². The van der Waals surface area contributed by atoms with Crippen LogP contribution in [0.3, 0.4) is 0 Å². The van der Waals surface area contributed by atoms with Gasteiger partial charge in [-0.3, -0.25) is 4.79 Å². The maximum Gasteiger partial charge on any atom is 0.183 e. The molecule has 0 saturated carbocycles. The second-order valence-electron chi connectivity index (χ2n) is 3.40. The van der Waals surface area contributed by atoms with Crippen molar-refractivity contribution in [3.63, 3.8) is 0 Å². The second kappa shape index (κ2) is 4.10. The number of sulfone groups is 1. The minimum atomic E-state index is -3.67. The summed E-state index contributed by atoms with van der Waals surface area (Å²) in [4.78, 5) is 10.0. The molecule has 0 aliphatic rings. The number of hydrogen-bond donors (Lipinski definition) is 0. The molecule has 1 aromatic rings. The van der Waals surface area contributed by atoms with Crippen LogP contribution in [0.4, 0.5) is 4.39 Å². The van der Waals surface area contributed by atoms with Crippen LogP contribution in [0, 0.1) is 5.82 Å². The highest BCUT2D eigenvalue weighted by Crippen LogP contribution is 2.20. The van der Waals surface area contributed by atoms with Gasteiger partial charge in [0.1, 0.15) is 17.0 Å². The third-order valence-electron chi connectivity index (χ3n) is 2.02. The summed E-state index contributed by atoms with van der Waals surface area (Å²) >= 11 is 0. The minimum absolute atomic E-state index is 0.149. The number of aldehydes is 1. The number of halogens is 1. The molecule has 0 aliphatic heterocycles. The zero-order valence-electron chi connectivity index (χ0n) is 8.40. The molecule has 0 radical (unpaired) electrons. The van der Waals surface area contributed by atoms with E-state index in [1.165, 1.54) is 19.9 Å². The lowest BCUT2D eigenvalue weighted by atomic mass is 10.2. The molecule has 3 nitrogen and oxygen atoms in total. The predicted octanol–water partition coefficient (Wildman–Crippen LogP) is 1.82. The van der Waals surface area contributed by atoms with Crippen LogP contribution in [-0.2, 0) is 9.84 Å². The van der Waals surface area contributed by atoms with Gasteiger partial charge in [0.25, 0.3) is 0 Å². The molecule has 0 heterocycles. The summed E-state index contributed by atoms with van der Waals surface area (Å²) in [5.41, 5.74) is 0.149. The monoisotopic (exact) mass is 230 g/mol. The van der Waals surface area contributed by atoms with Crippen LogP contribution < -0.4 is 0 Å². The fourth-order valence-electron chi connectivity index (χ4n) is 1.07. The van der Waals surface area contributed by atoms with Gasteiger partial charge in [-0.05, 0) is 32.0 Å². The maximum absolute atomic E-state index is 13.3. The summed E-state index contributed by atoms with van der Waals surface area (Å²) in [5, 5.41) is -0.714. The molecular weight excluding hydrogens is 219 g/mol. The Bertz CT molecular complexity index is 477. The van der Waals surface area contributed by atoms with Gasteiger partial charge in [-0.15, -0.1) is 0 Å². The first-order chi connectivity index (χ1) is 6.89. The smallest absolute Gasteiger partial charge is 0.183 e. The molecule has 0 bridgehead atoms. The Kier molecular flexibility index (Phi) is 3.24. The summed E-state index contributed by atoms with van der Waals surface area (Å²) in [6, 6.07) is 3.28. The van der Waals surface area contributed by atoms with E-state index in [0.717, 1.165) is 12.1 Å². The fraction of sp³-hybridized carbons (Fsp3) is 0.300. The Balaban J connectivity index is 3.43. The highest BCUT2D eigenvalue weighted by molar-refractivity contribution is 7.92. The molecule has 5 heteroatoms. The molecule has 0 saturated heterocycles. The first-order valence-corrected chi connectivity index (χ1v) is 5.93. The normalized spacial score (nSPS) is 11.7. The van der Waals surface area contributed by atoms with Crippen molar-refractivity contribution in [1.29, 1.82) is 0 Å². The fourth-order valence-corrected chi connectivity index (χ4v) is 2.21. The molecule has 0 spiro atoms. The Labute approximate surface area is 87.8 Å². The van der Waals surface area contributed by atoms with Crippen LogP contribution in [-0.4, -0.2) is 20.0 Å². The van der Waals surface area contributed by atoms with Crippen molar-refractivity contribution in [3.8, 4) is 0 Å². The lowest BCUT2D eigenvalue weighted by Gasteiger charge is -2.08. The van der Waals surface area contributed by atoms with E-state index < -0.39 is 25.8 Å². The minimum Gasteiger partial charge on any atom is -0.298 e. The molecular formula is C10H11FO3S. The highest BCUT2D eigenvalue weighted by atomic mass is 32.2. The molecule has 0 aliphatic carbocycles. The van der Waals surface area contributed by atoms with Crippen LogP contribution >= 0.6 is 0 Å². The number of carbonyl (C=O) groups excluding carboxylic acids is 1. The maximum atomic E-state index is 13.3. The van der Waals surface area contributed by atoms with E-state index in [-0.39, 0.29) is 5.56 Å². The number of hydrogen-bond acceptors (Lipinski definition) is 3. The van der Waals surface area contributed by atoms with Gasteiger partial charge < -0.3 is 0 Å². The Morgan fingerprint density at radius 3 is 2.40 bits per heavy atom. The SMILES string of the molecule is CC(C)S(=O)(=O)c1cc(C=O)ccc1F. The van der Waals surface area contributed by atoms with Gasteiger partial charge in [-0.1, -0.05) is 0 Å². The molecule has 0 aromatic heterocycles. The average molecular weight is 230 g/mol. The van der Waals surface area contributed by atoms with Gasteiger partial charge in [0.05, 0.1) is 5.25 Å². The van der Waals surface area contributed by atoms with E-state index in [9.17, 15) is 17.6 Å². The lowest BCUT2D eigenvalue weighted by molar-refractivity contribution is 0.112. The van der Waals surface area contributed by atoms with Gasteiger partial charge in [-0.25, -0.2) is 12.8 Å². The molecule has 1 aromatic carbocycles. The van der Waals surface area contributed by atoms with Crippen molar-refractivity contribution in [3.05, 3.63) is 29.6 Å². The third-order valence-corrected chi connectivity index (χ3v) is 4.19. The predicted molar refractivity (Wildman–Crippen MR) is 54.1 cm³/mol. The first kappa shape index (κ1) is 11.8. The van der Waals surface area contributed by atoms with Crippen molar-refractivity contribution in [2.24, 2.45) is 0 Å². The van der Waals surface area contributed by atoms with Crippen molar-refractivity contribution >= 4 is 16.1 Å². The quantitative estimate of drug-likeness (QED) is 0.744. The van der Waals surface area contributed by atoms with E-state index in [1.54, 1.807) is 0 Å². The number of benzene rings is 1. The van der Waals surface area contributed by atoms with Gasteiger partial charge >= 0.3 is 0 Å². The molecule has 82 valence electrons. The zero-order chi connectivity index (χ0) is 11.6. The molecule has 0 fully saturated rings. The third kappa shape index (κ3) is 2.23. The largest absolute Gasteiger partial charge is 0.298 e. The van der Waals surface area contributed by atoms with Crippen molar-refractivity contribution in [2.45, 2.75) is 24.0 Å². The standard InChI is InChI=1S/C10H11FO3S/c1-7(2)15(13,14)10-5-8(6-12)3-4-9(10)11/h3-7H,1-2H3. The van der Waals surface area contributed by atoms with Crippen LogP contribution in [0.2, 0.25) is 0 Å². The van der Waals surface area contributed by atoms with Crippen molar-refractivity contribution < 1.29 is 17.6 Å². The van der Waals surface area contributed by atoms with E-state index in [4.69, 9.17) is 0 Å². The molecule has 15 heavy (non-hydrogen) atoms. The summed E-state index contributed by atoms with van der Waals surface area (Å²) in [5.74, 6) is -0.825. The Morgan fingerprint density at radius 2 is 1.93 bits per heavy atom. The molecule has 1 rings (SSSR count). The van der Waals surface area contributed by atoms with Crippen LogP contribution in [0.25, 0.3) is 0 Å².